The number of nitrogens with zero attached hydrogens (tertiary/aromatic N) is 2. The fourth-order valence-electron chi connectivity index (χ4n) is 1.05. The summed E-state index contributed by atoms with van der Waals surface area (Å²) in [6.07, 6.45) is 1.73. The van der Waals surface area contributed by atoms with E-state index in [2.05, 4.69) is 25.9 Å². The molecule has 0 saturated heterocycles. The van der Waals surface area contributed by atoms with Gasteiger partial charge in [0.15, 0.2) is 0 Å². The zero-order valence-electron chi connectivity index (χ0n) is 7.08. The van der Waals surface area contributed by atoms with E-state index in [4.69, 9.17) is 11.6 Å². The van der Waals surface area contributed by atoms with E-state index < -0.39 is 0 Å². The third-order valence-electron chi connectivity index (χ3n) is 1.65. The number of alkyl halides is 1. The van der Waals surface area contributed by atoms with Crippen LogP contribution in [0.1, 0.15) is 5.82 Å². The van der Waals surface area contributed by atoms with Crippen molar-refractivity contribution in [2.24, 2.45) is 0 Å². The number of hydrogen-bond donors (Lipinski definition) is 0. The Balaban J connectivity index is 2.41. The van der Waals surface area contributed by atoms with Crippen molar-refractivity contribution in [3.8, 4) is 10.6 Å². The molecule has 14 heavy (non-hydrogen) atoms. The first-order valence-electron chi connectivity index (χ1n) is 3.93. The molecule has 2 heterocycles. The molecule has 0 unspecified atom stereocenters. The lowest BCUT2D eigenvalue weighted by atomic mass is 10.3. The summed E-state index contributed by atoms with van der Waals surface area (Å²) in [7, 11) is 0. The molecular formula is C9H6BrClN2S. The second kappa shape index (κ2) is 4.38. The Bertz CT molecular complexity index is 444. The first-order chi connectivity index (χ1) is 6.79. The molecule has 0 aromatic carbocycles. The average molecular weight is 290 g/mol. The van der Waals surface area contributed by atoms with Gasteiger partial charge in [-0.3, -0.25) is 0 Å². The van der Waals surface area contributed by atoms with Crippen LogP contribution in [0.5, 0.6) is 0 Å². The number of hydrogen-bond acceptors (Lipinski definition) is 3. The van der Waals surface area contributed by atoms with Gasteiger partial charge in [0, 0.05) is 6.20 Å². The highest BCUT2D eigenvalue weighted by Crippen LogP contribution is 2.29. The maximum Gasteiger partial charge on any atom is 0.143 e. The van der Waals surface area contributed by atoms with Gasteiger partial charge in [-0.25, -0.2) is 9.97 Å². The third kappa shape index (κ3) is 2.13. The van der Waals surface area contributed by atoms with Crippen LogP contribution in [-0.4, -0.2) is 9.97 Å². The Morgan fingerprint density at radius 2 is 2.21 bits per heavy atom. The monoisotopic (exact) mass is 288 g/mol. The number of thiophene rings is 1. The van der Waals surface area contributed by atoms with E-state index in [-0.39, 0.29) is 0 Å². The van der Waals surface area contributed by atoms with Gasteiger partial charge in [-0.1, -0.05) is 0 Å². The van der Waals surface area contributed by atoms with Gasteiger partial charge in [-0.2, -0.15) is 0 Å². The largest absolute Gasteiger partial charge is 0.240 e. The van der Waals surface area contributed by atoms with Crippen LogP contribution in [0.2, 0.25) is 0 Å². The summed E-state index contributed by atoms with van der Waals surface area (Å²) in [6.45, 7) is 0. The Hall–Kier alpha value is -0.450. The molecule has 0 fully saturated rings. The van der Waals surface area contributed by atoms with E-state index in [0.29, 0.717) is 11.7 Å². The summed E-state index contributed by atoms with van der Waals surface area (Å²) in [5.74, 6) is 1.01. The van der Waals surface area contributed by atoms with Gasteiger partial charge >= 0.3 is 0 Å². The molecule has 0 aliphatic rings. The molecule has 2 aromatic rings. The van der Waals surface area contributed by atoms with Gasteiger partial charge in [0.2, 0.25) is 0 Å². The fraction of sp³-hybridized carbons (Fsp3) is 0.111. The third-order valence-corrected chi connectivity index (χ3v) is 3.54. The second-order valence-corrected chi connectivity index (χ2v) is 5.33. The van der Waals surface area contributed by atoms with Crippen LogP contribution in [0.25, 0.3) is 10.6 Å². The molecule has 0 aliphatic carbocycles. The van der Waals surface area contributed by atoms with Crippen molar-refractivity contribution in [2.45, 2.75) is 5.88 Å². The van der Waals surface area contributed by atoms with Gasteiger partial charge in [0.25, 0.3) is 0 Å². The number of aromatic nitrogens is 2. The highest BCUT2D eigenvalue weighted by molar-refractivity contribution is 9.11. The molecule has 0 spiro atoms. The van der Waals surface area contributed by atoms with Crippen molar-refractivity contribution in [3.05, 3.63) is 34.0 Å². The van der Waals surface area contributed by atoms with Gasteiger partial charge in [-0.15, -0.1) is 22.9 Å². The van der Waals surface area contributed by atoms with Crippen molar-refractivity contribution in [3.63, 3.8) is 0 Å². The second-order valence-electron chi connectivity index (χ2n) is 2.60. The van der Waals surface area contributed by atoms with Crippen LogP contribution in [0.3, 0.4) is 0 Å². The van der Waals surface area contributed by atoms with E-state index in [0.717, 1.165) is 14.4 Å². The minimum absolute atomic E-state index is 0.348. The molecule has 0 aliphatic heterocycles. The summed E-state index contributed by atoms with van der Waals surface area (Å²) in [6, 6.07) is 5.91. The van der Waals surface area contributed by atoms with E-state index in [1.165, 1.54) is 0 Å². The molecule has 2 nitrogen and oxygen atoms in total. The summed E-state index contributed by atoms with van der Waals surface area (Å²) in [4.78, 5) is 9.48. The van der Waals surface area contributed by atoms with E-state index in [1.54, 1.807) is 17.5 Å². The maximum absolute atomic E-state index is 5.66. The Kier molecular flexibility index (Phi) is 3.15. The van der Waals surface area contributed by atoms with E-state index in [1.807, 2.05) is 18.2 Å². The zero-order chi connectivity index (χ0) is 9.97. The molecule has 5 heteroatoms. The molecule has 2 rings (SSSR count). The summed E-state index contributed by atoms with van der Waals surface area (Å²) < 4.78 is 1.10. The molecular weight excluding hydrogens is 284 g/mol. The fourth-order valence-corrected chi connectivity index (χ4v) is 2.54. The van der Waals surface area contributed by atoms with Crippen molar-refractivity contribution in [1.82, 2.24) is 9.97 Å². The van der Waals surface area contributed by atoms with Gasteiger partial charge in [0.05, 0.1) is 20.2 Å². The zero-order valence-corrected chi connectivity index (χ0v) is 10.2. The van der Waals surface area contributed by atoms with Crippen LogP contribution < -0.4 is 0 Å². The summed E-state index contributed by atoms with van der Waals surface area (Å²) in [5.41, 5.74) is 0.923. The highest BCUT2D eigenvalue weighted by atomic mass is 79.9. The molecule has 0 atom stereocenters. The molecule has 0 radical (unpaired) electrons. The normalized spacial score (nSPS) is 10.4. The quantitative estimate of drug-likeness (QED) is 0.788. The van der Waals surface area contributed by atoms with Gasteiger partial charge < -0.3 is 0 Å². The van der Waals surface area contributed by atoms with Crippen LogP contribution in [0.4, 0.5) is 0 Å². The predicted molar refractivity (Wildman–Crippen MR) is 62.6 cm³/mol. The number of halogens is 2. The van der Waals surface area contributed by atoms with Crippen molar-refractivity contribution >= 4 is 38.9 Å². The minimum Gasteiger partial charge on any atom is -0.240 e. The topological polar surface area (TPSA) is 25.8 Å². The van der Waals surface area contributed by atoms with Crippen LogP contribution >= 0.6 is 38.9 Å². The highest BCUT2D eigenvalue weighted by Gasteiger charge is 2.03. The molecule has 0 amide bonds. The Labute approximate surface area is 99.1 Å². The van der Waals surface area contributed by atoms with Crippen molar-refractivity contribution < 1.29 is 0 Å². The maximum atomic E-state index is 5.66. The predicted octanol–water partition coefficient (Wildman–Crippen LogP) is 3.71. The lowest BCUT2D eigenvalue weighted by molar-refractivity contribution is 1.04. The molecule has 0 saturated carbocycles. The average Bonchev–Trinajstić information content (AvgIpc) is 2.65. The lowest BCUT2D eigenvalue weighted by Gasteiger charge is -1.97. The lowest BCUT2D eigenvalue weighted by Crippen LogP contribution is -1.91. The van der Waals surface area contributed by atoms with Crippen LogP contribution in [-0.2, 0) is 5.88 Å². The molecule has 0 bridgehead atoms. The smallest absolute Gasteiger partial charge is 0.143 e. The van der Waals surface area contributed by atoms with Crippen LogP contribution in [0, 0.1) is 0 Å². The number of rotatable bonds is 2. The van der Waals surface area contributed by atoms with Crippen LogP contribution in [0.15, 0.2) is 28.2 Å². The Morgan fingerprint density at radius 3 is 2.86 bits per heavy atom. The summed E-state index contributed by atoms with van der Waals surface area (Å²) >= 11 is 10.7. The van der Waals surface area contributed by atoms with Gasteiger partial charge in [-0.05, 0) is 34.1 Å². The molecule has 0 N–H and O–H groups in total. The first kappa shape index (κ1) is 10.1. The van der Waals surface area contributed by atoms with E-state index in [9.17, 15) is 0 Å². The minimum atomic E-state index is 0.348. The molecule has 2 aromatic heterocycles. The SMILES string of the molecule is ClCc1nccc(-c2ccc(Br)s2)n1. The first-order valence-corrected chi connectivity index (χ1v) is 6.07. The Morgan fingerprint density at radius 1 is 1.36 bits per heavy atom. The van der Waals surface area contributed by atoms with Crippen molar-refractivity contribution in [1.29, 1.82) is 0 Å². The molecule has 72 valence electrons. The summed E-state index contributed by atoms with van der Waals surface area (Å²) in [5, 5.41) is 0. The standard InChI is InChI=1S/C9H6BrClN2S/c10-8-2-1-7(14-8)6-3-4-12-9(5-11)13-6/h1-4H,5H2. The van der Waals surface area contributed by atoms with Gasteiger partial charge in [0.1, 0.15) is 5.82 Å². The van der Waals surface area contributed by atoms with Crippen molar-refractivity contribution in [2.75, 3.05) is 0 Å². The van der Waals surface area contributed by atoms with E-state index >= 15 is 0 Å².